The van der Waals surface area contributed by atoms with E-state index in [1.165, 1.54) is 64.2 Å². The van der Waals surface area contributed by atoms with Crippen LogP contribution in [0.25, 0.3) is 0 Å². The third kappa shape index (κ3) is 36.0. The molecule has 11 heteroatoms. The minimum Gasteiger partial charge on any atom is -0.462 e. The maximum Gasteiger partial charge on any atom is 0.472 e. The van der Waals surface area contributed by atoms with Crippen LogP contribution in [-0.2, 0) is 32.7 Å². The van der Waals surface area contributed by atoms with Crippen molar-refractivity contribution >= 4 is 19.8 Å². The van der Waals surface area contributed by atoms with Crippen LogP contribution in [-0.4, -0.2) is 65.7 Å². The van der Waals surface area contributed by atoms with Crippen molar-refractivity contribution in [1.29, 1.82) is 0 Å². The Bertz CT molecular complexity index is 1050. The molecule has 0 aromatic heterocycles. The number of esters is 2. The number of phosphoric acid groups is 1. The lowest BCUT2D eigenvalue weighted by Gasteiger charge is -2.20. The summed E-state index contributed by atoms with van der Waals surface area (Å²) < 4.78 is 32.5. The van der Waals surface area contributed by atoms with Crippen molar-refractivity contribution in [3.8, 4) is 0 Å². The molecule has 52 heavy (non-hydrogen) atoms. The highest BCUT2D eigenvalue weighted by Crippen LogP contribution is 2.43. The summed E-state index contributed by atoms with van der Waals surface area (Å²) in [6, 6.07) is 0. The number of ether oxygens (including phenoxy) is 2. The van der Waals surface area contributed by atoms with Crippen molar-refractivity contribution in [2.24, 2.45) is 0 Å². The smallest absolute Gasteiger partial charge is 0.462 e. The lowest BCUT2D eigenvalue weighted by atomic mass is 10.1. The number of hydrogen-bond donors (Lipinski definition) is 3. The summed E-state index contributed by atoms with van der Waals surface area (Å²) in [7, 11) is -4.63. The Hall–Kier alpha value is -2.33. The lowest BCUT2D eigenvalue weighted by Crippen LogP contribution is -2.29. The van der Waals surface area contributed by atoms with Crippen molar-refractivity contribution in [3.63, 3.8) is 0 Å². The van der Waals surface area contributed by atoms with Gasteiger partial charge in [-0.25, -0.2) is 4.57 Å². The van der Waals surface area contributed by atoms with Crippen LogP contribution in [0, 0.1) is 0 Å². The van der Waals surface area contributed by atoms with E-state index >= 15 is 0 Å². The molecule has 1 unspecified atom stereocenters. The topological polar surface area (TPSA) is 149 Å². The van der Waals surface area contributed by atoms with Crippen LogP contribution in [0.2, 0.25) is 0 Å². The van der Waals surface area contributed by atoms with Crippen LogP contribution in [0.15, 0.2) is 60.8 Å². The predicted molar refractivity (Wildman–Crippen MR) is 210 cm³/mol. The third-order valence-electron chi connectivity index (χ3n) is 7.94. The maximum absolute atomic E-state index is 12.5. The molecular weight excluding hydrogens is 683 g/mol. The minimum absolute atomic E-state index is 0.117. The van der Waals surface area contributed by atoms with Crippen molar-refractivity contribution in [2.75, 3.05) is 26.4 Å². The molecule has 3 N–H and O–H groups in total. The van der Waals surface area contributed by atoms with E-state index in [9.17, 15) is 24.2 Å². The number of unbranched alkanes of at least 4 members (excludes halogenated alkanes) is 12. The van der Waals surface area contributed by atoms with Gasteiger partial charge in [0.2, 0.25) is 0 Å². The van der Waals surface area contributed by atoms with Crippen LogP contribution in [0.3, 0.4) is 0 Å². The molecular formula is C41H71O10P. The second kappa shape index (κ2) is 37.0. The van der Waals surface area contributed by atoms with E-state index in [-0.39, 0.29) is 19.4 Å². The van der Waals surface area contributed by atoms with E-state index < -0.39 is 51.8 Å². The van der Waals surface area contributed by atoms with Crippen LogP contribution < -0.4 is 0 Å². The fourth-order valence-electron chi connectivity index (χ4n) is 4.86. The molecule has 0 aliphatic carbocycles. The Morgan fingerprint density at radius 3 is 1.58 bits per heavy atom. The van der Waals surface area contributed by atoms with E-state index in [1.54, 1.807) is 0 Å². The average molecular weight is 755 g/mol. The van der Waals surface area contributed by atoms with Gasteiger partial charge in [-0.05, 0) is 51.4 Å². The fourth-order valence-corrected chi connectivity index (χ4v) is 5.65. The van der Waals surface area contributed by atoms with E-state index in [0.717, 1.165) is 44.9 Å². The molecule has 0 fully saturated rings. The van der Waals surface area contributed by atoms with Crippen molar-refractivity contribution < 1.29 is 47.8 Å². The summed E-state index contributed by atoms with van der Waals surface area (Å²) in [6.07, 6.45) is 39.2. The number of carbonyl (C=O) groups is 2. The van der Waals surface area contributed by atoms with Gasteiger partial charge >= 0.3 is 19.8 Å². The molecule has 0 saturated carbocycles. The predicted octanol–water partition coefficient (Wildman–Crippen LogP) is 9.94. The van der Waals surface area contributed by atoms with Gasteiger partial charge in [-0.3, -0.25) is 18.6 Å². The Balaban J connectivity index is 4.45. The van der Waals surface area contributed by atoms with Gasteiger partial charge in [-0.15, -0.1) is 0 Å². The first-order valence-electron chi connectivity index (χ1n) is 19.7. The summed E-state index contributed by atoms with van der Waals surface area (Å²) in [4.78, 5) is 34.8. The molecule has 0 aliphatic rings. The zero-order valence-electron chi connectivity index (χ0n) is 32.3. The van der Waals surface area contributed by atoms with E-state index in [1.807, 2.05) is 12.2 Å². The Morgan fingerprint density at radius 2 is 1.04 bits per heavy atom. The van der Waals surface area contributed by atoms with Gasteiger partial charge in [0.05, 0.1) is 19.8 Å². The molecule has 0 rings (SSSR count). The quantitative estimate of drug-likeness (QED) is 0.0244. The molecule has 0 aliphatic heterocycles. The number of aliphatic hydroxyl groups excluding tert-OH is 2. The van der Waals surface area contributed by atoms with Crippen LogP contribution in [0.5, 0.6) is 0 Å². The molecule has 10 nitrogen and oxygen atoms in total. The van der Waals surface area contributed by atoms with Crippen molar-refractivity contribution in [1.82, 2.24) is 0 Å². The maximum atomic E-state index is 12.5. The van der Waals surface area contributed by atoms with Crippen LogP contribution in [0.4, 0.5) is 0 Å². The summed E-state index contributed by atoms with van der Waals surface area (Å²) in [5, 5.41) is 18.3. The molecule has 300 valence electrons. The molecule has 0 spiro atoms. The number of hydrogen-bond acceptors (Lipinski definition) is 9. The standard InChI is InChI=1S/C41H71O10P/c1-3-5-7-9-11-13-15-16-17-18-19-20-21-22-23-25-26-28-30-32-40(44)48-36-39(37-50-52(46,47)49-35-38(43)34-42)51-41(45)33-31-29-27-24-14-12-10-8-6-4-2/h11,13,16-17,19-20,22-23,26,28,38-39,42-43H,3-10,12,14-15,18,21,24-25,27,29-37H2,1-2H3,(H,46,47)/b13-11+,17-16+,20-19+,23-22+,28-26+/t38-,39+/m1/s1. The molecule has 0 bridgehead atoms. The zero-order chi connectivity index (χ0) is 38.4. The minimum atomic E-state index is -4.63. The van der Waals surface area contributed by atoms with Gasteiger partial charge in [-0.2, -0.15) is 0 Å². The number of rotatable bonds is 36. The Morgan fingerprint density at radius 1 is 0.577 bits per heavy atom. The highest BCUT2D eigenvalue weighted by atomic mass is 31.2. The summed E-state index contributed by atoms with van der Waals surface area (Å²) in [5.74, 6) is -1.03. The highest BCUT2D eigenvalue weighted by molar-refractivity contribution is 7.47. The van der Waals surface area contributed by atoms with Gasteiger partial charge < -0.3 is 24.6 Å². The molecule has 0 aromatic carbocycles. The normalized spacial score (nSPS) is 14.6. The summed E-state index contributed by atoms with van der Waals surface area (Å²) in [6.45, 7) is 2.23. The van der Waals surface area contributed by atoms with Crippen LogP contribution >= 0.6 is 7.82 Å². The first-order chi connectivity index (χ1) is 25.2. The van der Waals surface area contributed by atoms with Gasteiger partial charge in [-0.1, -0.05) is 145 Å². The molecule has 0 amide bonds. The van der Waals surface area contributed by atoms with E-state index in [0.29, 0.717) is 12.8 Å². The summed E-state index contributed by atoms with van der Waals surface area (Å²) >= 11 is 0. The molecule has 0 saturated heterocycles. The zero-order valence-corrected chi connectivity index (χ0v) is 33.1. The van der Waals surface area contributed by atoms with Gasteiger partial charge in [0, 0.05) is 12.8 Å². The fraction of sp³-hybridized carbons (Fsp3) is 0.707. The largest absolute Gasteiger partial charge is 0.472 e. The molecule has 0 aromatic rings. The van der Waals surface area contributed by atoms with E-state index in [4.69, 9.17) is 19.1 Å². The number of carbonyl (C=O) groups excluding carboxylic acids is 2. The van der Waals surface area contributed by atoms with Crippen molar-refractivity contribution in [3.05, 3.63) is 60.8 Å². The monoisotopic (exact) mass is 754 g/mol. The Kier molecular flexibility index (Phi) is 35.3. The molecule has 0 heterocycles. The summed E-state index contributed by atoms with van der Waals surface area (Å²) in [5.41, 5.74) is 0. The number of aliphatic hydroxyl groups is 2. The number of phosphoric ester groups is 1. The second-order valence-electron chi connectivity index (χ2n) is 13.0. The van der Waals surface area contributed by atoms with Gasteiger partial charge in [0.15, 0.2) is 6.10 Å². The second-order valence-corrected chi connectivity index (χ2v) is 14.4. The van der Waals surface area contributed by atoms with E-state index in [2.05, 4.69) is 67.0 Å². The first kappa shape index (κ1) is 49.7. The SMILES string of the molecule is CCCCC/C=C/C/C=C/C/C=C/C/C=C/C/C=C/CCC(=O)OC[C@@H](COP(=O)(O)OC[C@H](O)CO)OC(=O)CCCCCCCCCCCC. The molecule has 0 radical (unpaired) electrons. The third-order valence-corrected chi connectivity index (χ3v) is 8.89. The Labute approximate surface area is 315 Å². The lowest BCUT2D eigenvalue weighted by molar-refractivity contribution is -0.161. The van der Waals surface area contributed by atoms with Gasteiger partial charge in [0.1, 0.15) is 12.7 Å². The van der Waals surface area contributed by atoms with Gasteiger partial charge in [0.25, 0.3) is 0 Å². The first-order valence-corrected chi connectivity index (χ1v) is 21.2. The average Bonchev–Trinajstić information content (AvgIpc) is 3.13. The molecule has 3 atom stereocenters. The van der Waals surface area contributed by atoms with Crippen LogP contribution in [0.1, 0.15) is 149 Å². The van der Waals surface area contributed by atoms with Crippen molar-refractivity contribution in [2.45, 2.75) is 161 Å². The number of allylic oxidation sites excluding steroid dienone is 10. The highest BCUT2D eigenvalue weighted by Gasteiger charge is 2.27.